The summed E-state index contributed by atoms with van der Waals surface area (Å²) < 4.78 is 5.75. The number of rotatable bonds is 7. The zero-order valence-corrected chi connectivity index (χ0v) is 13.9. The quantitative estimate of drug-likeness (QED) is 0.808. The first-order valence-electron chi connectivity index (χ1n) is 7.97. The molecule has 2 N–H and O–H groups in total. The van der Waals surface area contributed by atoms with Gasteiger partial charge in [-0.2, -0.15) is 0 Å². The molecule has 2 unspecified atom stereocenters. The minimum Gasteiger partial charge on any atom is -0.396 e. The predicted molar refractivity (Wildman–Crippen MR) is 88.1 cm³/mol. The van der Waals surface area contributed by atoms with E-state index in [1.807, 2.05) is 31.2 Å². The molecule has 0 aromatic heterocycles. The van der Waals surface area contributed by atoms with Crippen LogP contribution in [0, 0.1) is 5.92 Å². The van der Waals surface area contributed by atoms with E-state index in [1.165, 1.54) is 0 Å². The predicted octanol–water partition coefficient (Wildman–Crippen LogP) is 2.48. The number of β-amino-alcohol motifs (C(OH)–C–C–N with tert-alkyl or cyclic N) is 1. The van der Waals surface area contributed by atoms with Crippen LogP contribution in [0.4, 0.5) is 0 Å². The Morgan fingerprint density at radius 3 is 2.50 bits per heavy atom. The number of aliphatic hydroxyl groups excluding tert-OH is 2. The monoisotopic (exact) mass is 327 g/mol. The summed E-state index contributed by atoms with van der Waals surface area (Å²) in [5, 5.41) is 20.0. The Labute approximate surface area is 137 Å². The molecule has 2 atom stereocenters. The first-order valence-corrected chi connectivity index (χ1v) is 8.34. The van der Waals surface area contributed by atoms with Crippen molar-refractivity contribution in [3.63, 3.8) is 0 Å². The van der Waals surface area contributed by atoms with E-state index in [1.54, 1.807) is 0 Å². The van der Waals surface area contributed by atoms with Gasteiger partial charge in [0.2, 0.25) is 0 Å². The van der Waals surface area contributed by atoms with Crippen molar-refractivity contribution in [3.05, 3.63) is 34.9 Å². The molecule has 0 radical (unpaired) electrons. The van der Waals surface area contributed by atoms with Crippen LogP contribution in [0.2, 0.25) is 5.02 Å². The van der Waals surface area contributed by atoms with Crippen molar-refractivity contribution in [2.24, 2.45) is 5.92 Å². The molecule has 22 heavy (non-hydrogen) atoms. The maximum absolute atomic E-state index is 10.1. The third-order valence-corrected chi connectivity index (χ3v) is 4.56. The summed E-state index contributed by atoms with van der Waals surface area (Å²) in [6, 6.07) is 7.58. The SMILES string of the molecule is CC(OCC(O)CN1CCC(CO)CC1)c1ccc(Cl)cc1. The molecule has 1 aliphatic heterocycles. The van der Waals surface area contributed by atoms with E-state index < -0.39 is 6.10 Å². The maximum atomic E-state index is 10.1. The van der Waals surface area contributed by atoms with Gasteiger partial charge in [0.15, 0.2) is 0 Å². The van der Waals surface area contributed by atoms with Crippen LogP contribution in [0.3, 0.4) is 0 Å². The van der Waals surface area contributed by atoms with Crippen LogP contribution < -0.4 is 0 Å². The van der Waals surface area contributed by atoms with Crippen molar-refractivity contribution in [1.29, 1.82) is 0 Å². The van der Waals surface area contributed by atoms with E-state index in [-0.39, 0.29) is 12.7 Å². The number of aliphatic hydroxyl groups is 2. The van der Waals surface area contributed by atoms with Gasteiger partial charge in [0.1, 0.15) is 0 Å². The molecular weight excluding hydrogens is 302 g/mol. The van der Waals surface area contributed by atoms with E-state index in [4.69, 9.17) is 21.4 Å². The second kappa shape index (κ2) is 8.85. The van der Waals surface area contributed by atoms with Crippen molar-refractivity contribution in [1.82, 2.24) is 4.90 Å². The average Bonchev–Trinajstić information content (AvgIpc) is 2.54. The van der Waals surface area contributed by atoms with Gasteiger partial charge in [-0.25, -0.2) is 0 Å². The van der Waals surface area contributed by atoms with Gasteiger partial charge >= 0.3 is 0 Å². The van der Waals surface area contributed by atoms with Crippen molar-refractivity contribution >= 4 is 11.6 Å². The smallest absolute Gasteiger partial charge is 0.0900 e. The second-order valence-electron chi connectivity index (χ2n) is 6.11. The summed E-state index contributed by atoms with van der Waals surface area (Å²) in [4.78, 5) is 2.24. The van der Waals surface area contributed by atoms with E-state index in [0.29, 0.717) is 24.1 Å². The van der Waals surface area contributed by atoms with E-state index in [9.17, 15) is 5.11 Å². The number of likely N-dealkylation sites (tertiary alicyclic amines) is 1. The molecule has 0 spiro atoms. The number of benzene rings is 1. The first kappa shape index (κ1) is 17.7. The third-order valence-electron chi connectivity index (χ3n) is 4.31. The molecule has 1 fully saturated rings. The number of ether oxygens (including phenoxy) is 1. The molecule has 0 bridgehead atoms. The third kappa shape index (κ3) is 5.52. The molecule has 1 heterocycles. The minimum atomic E-state index is -0.486. The Kier molecular flexibility index (Phi) is 7.12. The molecular formula is C17H26ClNO3. The topological polar surface area (TPSA) is 52.9 Å². The van der Waals surface area contributed by atoms with E-state index in [0.717, 1.165) is 31.5 Å². The largest absolute Gasteiger partial charge is 0.396 e. The molecule has 1 aliphatic rings. The van der Waals surface area contributed by atoms with Crippen LogP contribution >= 0.6 is 11.6 Å². The Balaban J connectivity index is 1.69. The fourth-order valence-corrected chi connectivity index (χ4v) is 2.91. The van der Waals surface area contributed by atoms with Gasteiger partial charge < -0.3 is 19.8 Å². The molecule has 1 aromatic rings. The van der Waals surface area contributed by atoms with Crippen LogP contribution in [-0.2, 0) is 4.74 Å². The summed E-state index contributed by atoms with van der Waals surface area (Å²) in [6.45, 7) is 5.08. The van der Waals surface area contributed by atoms with Gasteiger partial charge in [-0.3, -0.25) is 0 Å². The van der Waals surface area contributed by atoms with Gasteiger partial charge in [0.25, 0.3) is 0 Å². The molecule has 0 saturated carbocycles. The first-order chi connectivity index (χ1) is 10.6. The molecule has 4 nitrogen and oxygen atoms in total. The summed E-state index contributed by atoms with van der Waals surface area (Å²) in [7, 11) is 0. The normalized spacial score (nSPS) is 20.0. The lowest BCUT2D eigenvalue weighted by molar-refractivity contribution is -0.0202. The van der Waals surface area contributed by atoms with Crippen LogP contribution in [0.5, 0.6) is 0 Å². The summed E-state index contributed by atoms with van der Waals surface area (Å²) in [5.41, 5.74) is 1.06. The van der Waals surface area contributed by atoms with Gasteiger partial charge in [0.05, 0.1) is 18.8 Å². The number of hydrogen-bond acceptors (Lipinski definition) is 4. The van der Waals surface area contributed by atoms with Gasteiger partial charge in [-0.1, -0.05) is 23.7 Å². The molecule has 2 rings (SSSR count). The molecule has 0 amide bonds. The highest BCUT2D eigenvalue weighted by molar-refractivity contribution is 6.30. The summed E-state index contributed by atoms with van der Waals surface area (Å²) in [5.74, 6) is 0.426. The Hall–Kier alpha value is -0.650. The lowest BCUT2D eigenvalue weighted by atomic mass is 9.98. The fourth-order valence-electron chi connectivity index (χ4n) is 2.79. The minimum absolute atomic E-state index is 0.0629. The average molecular weight is 328 g/mol. The standard InChI is InChI=1S/C17H26ClNO3/c1-13(15-2-4-16(18)5-3-15)22-12-17(21)10-19-8-6-14(11-20)7-9-19/h2-5,13-14,17,20-21H,6-12H2,1H3. The Morgan fingerprint density at radius 2 is 1.91 bits per heavy atom. The second-order valence-corrected chi connectivity index (χ2v) is 6.54. The highest BCUT2D eigenvalue weighted by Crippen LogP contribution is 2.20. The molecule has 5 heteroatoms. The lowest BCUT2D eigenvalue weighted by Gasteiger charge is -2.32. The summed E-state index contributed by atoms with van der Waals surface area (Å²) in [6.07, 6.45) is 1.46. The zero-order valence-electron chi connectivity index (χ0n) is 13.1. The number of halogens is 1. The van der Waals surface area contributed by atoms with Crippen LogP contribution in [-0.4, -0.2) is 54.1 Å². The van der Waals surface area contributed by atoms with E-state index >= 15 is 0 Å². The maximum Gasteiger partial charge on any atom is 0.0900 e. The molecule has 0 aliphatic carbocycles. The summed E-state index contributed by atoms with van der Waals surface area (Å²) >= 11 is 5.87. The van der Waals surface area contributed by atoms with Gasteiger partial charge in [0, 0.05) is 18.2 Å². The number of nitrogens with zero attached hydrogens (tertiary/aromatic N) is 1. The van der Waals surface area contributed by atoms with Crippen molar-refractivity contribution in [2.45, 2.75) is 32.0 Å². The molecule has 1 saturated heterocycles. The van der Waals surface area contributed by atoms with Gasteiger partial charge in [-0.15, -0.1) is 0 Å². The number of piperidine rings is 1. The molecule has 1 aromatic carbocycles. The van der Waals surface area contributed by atoms with Gasteiger partial charge in [-0.05, 0) is 56.5 Å². The highest BCUT2D eigenvalue weighted by Gasteiger charge is 2.20. The van der Waals surface area contributed by atoms with Crippen LogP contribution in [0.15, 0.2) is 24.3 Å². The highest BCUT2D eigenvalue weighted by atomic mass is 35.5. The number of hydrogen-bond donors (Lipinski definition) is 2. The van der Waals surface area contributed by atoms with E-state index in [2.05, 4.69) is 4.90 Å². The van der Waals surface area contributed by atoms with Crippen molar-refractivity contribution < 1.29 is 14.9 Å². The zero-order chi connectivity index (χ0) is 15.9. The van der Waals surface area contributed by atoms with Crippen LogP contribution in [0.1, 0.15) is 31.4 Å². The molecule has 124 valence electrons. The van der Waals surface area contributed by atoms with Crippen molar-refractivity contribution in [2.75, 3.05) is 32.8 Å². The Bertz CT molecular complexity index is 432. The Morgan fingerprint density at radius 1 is 1.27 bits per heavy atom. The van der Waals surface area contributed by atoms with Crippen LogP contribution in [0.25, 0.3) is 0 Å². The lowest BCUT2D eigenvalue weighted by Crippen LogP contribution is -2.40. The van der Waals surface area contributed by atoms with Crippen molar-refractivity contribution in [3.8, 4) is 0 Å². The fraction of sp³-hybridized carbons (Fsp3) is 0.647.